The molecule has 0 aromatic carbocycles. The molecule has 0 amide bonds. The summed E-state index contributed by atoms with van der Waals surface area (Å²) in [4.78, 5) is 0. The molecular weight excluding hydrogens is 450 g/mol. The Kier molecular flexibility index (Phi) is 11.7. The highest BCUT2D eigenvalue weighted by Gasteiger charge is 2.60. The van der Waals surface area contributed by atoms with Crippen LogP contribution in [-0.4, -0.2) is 79.8 Å². The molecule has 0 radical (unpaired) electrons. The molecule has 3 aliphatic rings. The molecular formula is C27H51NO7. The van der Waals surface area contributed by atoms with Gasteiger partial charge in [0.05, 0.1) is 19.3 Å². The predicted molar refractivity (Wildman–Crippen MR) is 134 cm³/mol. The van der Waals surface area contributed by atoms with Gasteiger partial charge in [0, 0.05) is 6.54 Å². The number of fused-ring (bicyclic) bond motifs is 3. The van der Waals surface area contributed by atoms with Crippen LogP contribution in [0.4, 0.5) is 0 Å². The molecule has 3 rings (SSSR count). The van der Waals surface area contributed by atoms with E-state index in [9.17, 15) is 5.11 Å². The molecule has 35 heavy (non-hydrogen) atoms. The molecule has 0 saturated carbocycles. The Labute approximate surface area is 212 Å². The molecule has 3 saturated heterocycles. The number of nitrogens with one attached hydrogen (secondary N) is 1. The Morgan fingerprint density at radius 2 is 1.34 bits per heavy atom. The van der Waals surface area contributed by atoms with Gasteiger partial charge >= 0.3 is 0 Å². The fourth-order valence-corrected chi connectivity index (χ4v) is 5.21. The summed E-state index contributed by atoms with van der Waals surface area (Å²) >= 11 is 0. The van der Waals surface area contributed by atoms with Gasteiger partial charge in [0.1, 0.15) is 24.4 Å². The quantitative estimate of drug-likeness (QED) is 0.286. The normalized spacial score (nSPS) is 31.9. The lowest BCUT2D eigenvalue weighted by Crippen LogP contribution is -2.56. The van der Waals surface area contributed by atoms with Crippen LogP contribution >= 0.6 is 0 Å². The molecule has 0 spiro atoms. The fraction of sp³-hybridized carbons (Fsp3) is 1.00. The van der Waals surface area contributed by atoms with Gasteiger partial charge in [0.15, 0.2) is 17.9 Å². The minimum absolute atomic E-state index is 0.240. The van der Waals surface area contributed by atoms with Crippen LogP contribution in [0.5, 0.6) is 0 Å². The van der Waals surface area contributed by atoms with Crippen LogP contribution < -0.4 is 5.32 Å². The van der Waals surface area contributed by atoms with Gasteiger partial charge in [-0.05, 0) is 40.7 Å². The molecule has 0 aliphatic carbocycles. The molecule has 6 atom stereocenters. The molecule has 0 aromatic heterocycles. The van der Waals surface area contributed by atoms with Gasteiger partial charge in [-0.1, -0.05) is 64.7 Å². The molecule has 0 aromatic rings. The number of unbranched alkanes of at least 4 members (excludes halogenated alkanes) is 9. The average molecular weight is 502 g/mol. The third-order valence-corrected chi connectivity index (χ3v) is 6.93. The first-order chi connectivity index (χ1) is 16.7. The maximum atomic E-state index is 10.3. The molecule has 206 valence electrons. The van der Waals surface area contributed by atoms with E-state index in [1.165, 1.54) is 57.8 Å². The van der Waals surface area contributed by atoms with Crippen molar-refractivity contribution >= 4 is 0 Å². The van der Waals surface area contributed by atoms with Gasteiger partial charge in [-0.3, -0.25) is 0 Å². The van der Waals surface area contributed by atoms with Crippen molar-refractivity contribution in [3.8, 4) is 0 Å². The van der Waals surface area contributed by atoms with E-state index >= 15 is 0 Å². The highest BCUT2D eigenvalue weighted by Crippen LogP contribution is 2.44. The monoisotopic (exact) mass is 501 g/mol. The van der Waals surface area contributed by atoms with Crippen LogP contribution in [0.2, 0.25) is 0 Å². The van der Waals surface area contributed by atoms with Gasteiger partial charge in [-0.15, -0.1) is 0 Å². The lowest BCUT2D eigenvalue weighted by molar-refractivity contribution is -0.243. The van der Waals surface area contributed by atoms with E-state index < -0.39 is 24.0 Å². The molecule has 2 N–H and O–H groups in total. The van der Waals surface area contributed by atoms with E-state index in [2.05, 4.69) is 12.2 Å². The summed E-state index contributed by atoms with van der Waals surface area (Å²) < 4.78 is 36.1. The molecule has 3 heterocycles. The van der Waals surface area contributed by atoms with Crippen LogP contribution in [0.25, 0.3) is 0 Å². The summed E-state index contributed by atoms with van der Waals surface area (Å²) in [7, 11) is 0. The Balaban J connectivity index is 1.24. The van der Waals surface area contributed by atoms with Gasteiger partial charge in [-0.2, -0.15) is 0 Å². The largest absolute Gasteiger partial charge is 0.389 e. The number of aliphatic hydroxyl groups is 1. The number of rotatable bonds is 17. The van der Waals surface area contributed by atoms with Crippen molar-refractivity contribution in [3.05, 3.63) is 0 Å². The fourth-order valence-electron chi connectivity index (χ4n) is 5.21. The van der Waals surface area contributed by atoms with Gasteiger partial charge in [0.2, 0.25) is 0 Å². The van der Waals surface area contributed by atoms with Crippen LogP contribution in [0, 0.1) is 0 Å². The highest BCUT2D eigenvalue weighted by molar-refractivity contribution is 5.00. The highest BCUT2D eigenvalue weighted by atomic mass is 16.9. The Bertz CT molecular complexity index is 602. The van der Waals surface area contributed by atoms with E-state index in [-0.39, 0.29) is 31.0 Å². The van der Waals surface area contributed by atoms with Crippen LogP contribution in [0.15, 0.2) is 0 Å². The van der Waals surface area contributed by atoms with Crippen molar-refractivity contribution in [1.82, 2.24) is 5.32 Å². The number of hydrogen-bond donors (Lipinski definition) is 2. The van der Waals surface area contributed by atoms with E-state index in [0.29, 0.717) is 13.2 Å². The maximum Gasteiger partial charge on any atom is 0.190 e. The third kappa shape index (κ3) is 9.49. The predicted octanol–water partition coefficient (Wildman–Crippen LogP) is 4.27. The Morgan fingerprint density at radius 3 is 2.03 bits per heavy atom. The molecule has 8 nitrogen and oxygen atoms in total. The SMILES string of the molecule is CCCCCCCCCCCCNCC(O)COC[C@H]1O[C@@H]2OC(C)(C)O[C@@H]2[C@H]2OC(C)(C)O[C@H]21. The maximum absolute atomic E-state index is 10.3. The van der Waals surface area contributed by atoms with Crippen molar-refractivity contribution in [3.63, 3.8) is 0 Å². The first kappa shape index (κ1) is 29.2. The molecule has 1 unspecified atom stereocenters. The Hall–Kier alpha value is -0.320. The summed E-state index contributed by atoms with van der Waals surface area (Å²) in [6.07, 6.45) is 10.9. The second kappa shape index (κ2) is 14.0. The minimum atomic E-state index is -0.734. The minimum Gasteiger partial charge on any atom is -0.389 e. The molecule has 3 aliphatic heterocycles. The lowest BCUT2D eigenvalue weighted by atomic mass is 9.99. The van der Waals surface area contributed by atoms with E-state index in [1.807, 2.05) is 27.7 Å². The zero-order chi connectivity index (χ0) is 25.3. The van der Waals surface area contributed by atoms with Crippen LogP contribution in [0.1, 0.15) is 98.8 Å². The van der Waals surface area contributed by atoms with Gasteiger partial charge in [-0.25, -0.2) is 0 Å². The summed E-state index contributed by atoms with van der Waals surface area (Å²) in [6, 6.07) is 0. The second-order valence-electron chi connectivity index (χ2n) is 11.3. The standard InChI is InChI=1S/C27H51NO7/c1-6-7-8-9-10-11-12-13-14-15-16-28-17-20(29)18-30-19-21-22-23(33-26(2,3)32-22)24-25(31-21)35-27(4,5)34-24/h20-25,28-29H,6-19H2,1-5H3/t20?,21-,22+,23+,24-,25-/m1/s1. The van der Waals surface area contributed by atoms with E-state index in [1.54, 1.807) is 0 Å². The molecule has 0 bridgehead atoms. The summed E-state index contributed by atoms with van der Waals surface area (Å²) in [6.45, 7) is 11.8. The average Bonchev–Trinajstić information content (AvgIpc) is 3.28. The van der Waals surface area contributed by atoms with Gasteiger partial charge < -0.3 is 38.8 Å². The number of hydrogen-bond acceptors (Lipinski definition) is 8. The van der Waals surface area contributed by atoms with Crippen molar-refractivity contribution in [2.75, 3.05) is 26.3 Å². The van der Waals surface area contributed by atoms with Crippen molar-refractivity contribution in [2.24, 2.45) is 0 Å². The van der Waals surface area contributed by atoms with Crippen molar-refractivity contribution in [2.45, 2.75) is 147 Å². The van der Waals surface area contributed by atoms with Gasteiger partial charge in [0.25, 0.3) is 0 Å². The van der Waals surface area contributed by atoms with E-state index in [0.717, 1.165) is 13.0 Å². The summed E-state index contributed by atoms with van der Waals surface area (Å²) in [5.74, 6) is -1.46. The molecule has 8 heteroatoms. The second-order valence-corrected chi connectivity index (χ2v) is 11.3. The zero-order valence-corrected chi connectivity index (χ0v) is 22.8. The topological polar surface area (TPSA) is 87.6 Å². The molecule has 3 fully saturated rings. The van der Waals surface area contributed by atoms with Crippen molar-refractivity contribution in [1.29, 1.82) is 0 Å². The zero-order valence-electron chi connectivity index (χ0n) is 22.8. The van der Waals surface area contributed by atoms with Crippen molar-refractivity contribution < 1.29 is 33.5 Å². The first-order valence-corrected chi connectivity index (χ1v) is 14.0. The van der Waals surface area contributed by atoms with Crippen LogP contribution in [-0.2, 0) is 28.4 Å². The summed E-state index contributed by atoms with van der Waals surface area (Å²) in [5, 5.41) is 13.6. The smallest absolute Gasteiger partial charge is 0.190 e. The summed E-state index contributed by atoms with van der Waals surface area (Å²) in [5.41, 5.74) is 0. The van der Waals surface area contributed by atoms with Crippen LogP contribution in [0.3, 0.4) is 0 Å². The van der Waals surface area contributed by atoms with E-state index in [4.69, 9.17) is 28.4 Å². The number of ether oxygens (including phenoxy) is 6. The Morgan fingerprint density at radius 1 is 0.771 bits per heavy atom. The lowest BCUT2D eigenvalue weighted by Gasteiger charge is -2.37. The third-order valence-electron chi connectivity index (χ3n) is 6.93. The first-order valence-electron chi connectivity index (χ1n) is 14.0. The number of aliphatic hydroxyl groups excluding tert-OH is 1.